The minimum Gasteiger partial charge on any atom is -0.310 e. The third-order valence-electron chi connectivity index (χ3n) is 4.03. The first-order chi connectivity index (χ1) is 9.19. The van der Waals surface area contributed by atoms with Crippen LogP contribution in [0.1, 0.15) is 37.8 Å². The van der Waals surface area contributed by atoms with Gasteiger partial charge in [-0.2, -0.15) is 0 Å². The molecule has 1 aromatic carbocycles. The molecule has 2 nitrogen and oxygen atoms in total. The highest BCUT2D eigenvalue weighted by Gasteiger charge is 2.18. The summed E-state index contributed by atoms with van der Waals surface area (Å²) in [6.07, 6.45) is 3.78. The van der Waals surface area contributed by atoms with Crippen LogP contribution in [-0.2, 0) is 0 Å². The number of nitrogens with one attached hydrogen (secondary N) is 1. The monoisotopic (exact) mass is 280 g/mol. The van der Waals surface area contributed by atoms with Gasteiger partial charge in [0, 0.05) is 17.6 Å². The van der Waals surface area contributed by atoms with E-state index in [4.69, 9.17) is 11.6 Å². The summed E-state index contributed by atoms with van der Waals surface area (Å²) in [7, 11) is 2.22. The van der Waals surface area contributed by atoms with Gasteiger partial charge in [-0.15, -0.1) is 0 Å². The van der Waals surface area contributed by atoms with Crippen molar-refractivity contribution >= 4 is 11.6 Å². The van der Waals surface area contributed by atoms with Crippen molar-refractivity contribution in [2.75, 3.05) is 26.7 Å². The van der Waals surface area contributed by atoms with E-state index in [1.54, 1.807) is 0 Å². The maximum atomic E-state index is 6.08. The smallest absolute Gasteiger partial charge is 0.0409 e. The van der Waals surface area contributed by atoms with E-state index < -0.39 is 0 Å². The summed E-state index contributed by atoms with van der Waals surface area (Å²) >= 11 is 6.08. The molecule has 2 unspecified atom stereocenters. The van der Waals surface area contributed by atoms with Gasteiger partial charge in [0.05, 0.1) is 0 Å². The molecule has 0 radical (unpaired) electrons. The van der Waals surface area contributed by atoms with Gasteiger partial charge in [0.15, 0.2) is 0 Å². The molecule has 1 aliphatic heterocycles. The first kappa shape index (κ1) is 14.8. The van der Waals surface area contributed by atoms with E-state index in [9.17, 15) is 0 Å². The van der Waals surface area contributed by atoms with Crippen molar-refractivity contribution in [1.82, 2.24) is 10.2 Å². The zero-order chi connectivity index (χ0) is 13.7. The Hall–Kier alpha value is -0.570. The molecule has 0 amide bonds. The van der Waals surface area contributed by atoms with Gasteiger partial charge >= 0.3 is 0 Å². The molecule has 0 aliphatic carbocycles. The van der Waals surface area contributed by atoms with Crippen molar-refractivity contribution in [2.24, 2.45) is 5.92 Å². The van der Waals surface area contributed by atoms with Crippen LogP contribution in [0.25, 0.3) is 0 Å². The number of benzene rings is 1. The number of piperidine rings is 1. The van der Waals surface area contributed by atoms with Crippen LogP contribution in [0.5, 0.6) is 0 Å². The summed E-state index contributed by atoms with van der Waals surface area (Å²) in [5.41, 5.74) is 1.30. The van der Waals surface area contributed by atoms with Crippen LogP contribution < -0.4 is 5.32 Å². The van der Waals surface area contributed by atoms with Gasteiger partial charge in [0.25, 0.3) is 0 Å². The first-order valence-electron chi connectivity index (χ1n) is 7.36. The van der Waals surface area contributed by atoms with Gasteiger partial charge in [0.1, 0.15) is 0 Å². The summed E-state index contributed by atoms with van der Waals surface area (Å²) in [6.45, 7) is 5.81. The minimum atomic E-state index is 0.422. The summed E-state index contributed by atoms with van der Waals surface area (Å²) in [5, 5.41) is 4.55. The lowest BCUT2D eigenvalue weighted by molar-refractivity contribution is 0.202. The number of hydrogen-bond acceptors (Lipinski definition) is 2. The second kappa shape index (κ2) is 7.28. The van der Waals surface area contributed by atoms with Gasteiger partial charge in [0.2, 0.25) is 0 Å². The lowest BCUT2D eigenvalue weighted by Crippen LogP contribution is -2.38. The number of nitrogens with zero attached hydrogens (tertiary/aromatic N) is 1. The number of hydrogen-bond donors (Lipinski definition) is 1. The van der Waals surface area contributed by atoms with E-state index in [-0.39, 0.29) is 0 Å². The predicted octanol–water partition coefficient (Wildman–Crippen LogP) is 3.72. The molecule has 1 aliphatic rings. The molecular formula is C16H25ClN2. The Morgan fingerprint density at radius 2 is 2.32 bits per heavy atom. The van der Waals surface area contributed by atoms with Crippen molar-refractivity contribution in [2.45, 2.75) is 32.2 Å². The van der Waals surface area contributed by atoms with Crippen molar-refractivity contribution in [1.29, 1.82) is 0 Å². The maximum Gasteiger partial charge on any atom is 0.0409 e. The van der Waals surface area contributed by atoms with E-state index in [0.29, 0.717) is 6.04 Å². The number of halogens is 1. The van der Waals surface area contributed by atoms with E-state index >= 15 is 0 Å². The van der Waals surface area contributed by atoms with E-state index in [1.165, 1.54) is 31.5 Å². The fraction of sp³-hybridized carbons (Fsp3) is 0.625. The molecule has 1 heterocycles. The van der Waals surface area contributed by atoms with Crippen LogP contribution in [-0.4, -0.2) is 31.6 Å². The third kappa shape index (κ3) is 4.48. The first-order valence-corrected chi connectivity index (χ1v) is 7.74. The van der Waals surface area contributed by atoms with E-state index in [0.717, 1.165) is 23.9 Å². The molecule has 3 heteroatoms. The zero-order valence-electron chi connectivity index (χ0n) is 12.0. The molecule has 1 fully saturated rings. The lowest BCUT2D eigenvalue weighted by Gasteiger charge is -2.31. The van der Waals surface area contributed by atoms with Crippen molar-refractivity contribution in [3.8, 4) is 0 Å². The van der Waals surface area contributed by atoms with Gasteiger partial charge in [-0.05, 0) is 63.0 Å². The summed E-state index contributed by atoms with van der Waals surface area (Å²) in [6, 6.07) is 8.64. The Morgan fingerprint density at radius 1 is 1.47 bits per heavy atom. The van der Waals surface area contributed by atoms with Crippen LogP contribution in [0.3, 0.4) is 0 Å². The summed E-state index contributed by atoms with van der Waals surface area (Å²) in [5.74, 6) is 0.784. The van der Waals surface area contributed by atoms with Crippen LogP contribution in [0, 0.1) is 5.92 Å². The van der Waals surface area contributed by atoms with Gasteiger partial charge in [-0.1, -0.05) is 30.7 Å². The average molecular weight is 281 g/mol. The van der Waals surface area contributed by atoms with Crippen LogP contribution in [0.4, 0.5) is 0 Å². The largest absolute Gasteiger partial charge is 0.310 e. The minimum absolute atomic E-state index is 0.422. The average Bonchev–Trinajstić information content (AvgIpc) is 2.40. The van der Waals surface area contributed by atoms with E-state index in [2.05, 4.69) is 36.3 Å². The highest BCUT2D eigenvalue weighted by Crippen LogP contribution is 2.21. The Labute approximate surface area is 122 Å². The molecule has 2 rings (SSSR count). The summed E-state index contributed by atoms with van der Waals surface area (Å²) < 4.78 is 0. The van der Waals surface area contributed by atoms with Gasteiger partial charge in [-0.25, -0.2) is 0 Å². The Balaban J connectivity index is 1.89. The molecule has 106 valence electrons. The Kier molecular flexibility index (Phi) is 5.68. The number of rotatable bonds is 5. The Morgan fingerprint density at radius 3 is 3.00 bits per heavy atom. The SMILES string of the molecule is CCC(NCC1CCCN(C)C1)c1cccc(Cl)c1. The van der Waals surface area contributed by atoms with Crippen molar-refractivity contribution in [3.63, 3.8) is 0 Å². The second-order valence-corrected chi connectivity index (χ2v) is 6.13. The maximum absolute atomic E-state index is 6.08. The second-order valence-electron chi connectivity index (χ2n) is 5.69. The zero-order valence-corrected chi connectivity index (χ0v) is 12.8. The number of likely N-dealkylation sites (tertiary alicyclic amines) is 1. The van der Waals surface area contributed by atoms with Crippen molar-refractivity contribution < 1.29 is 0 Å². The van der Waals surface area contributed by atoms with E-state index in [1.807, 2.05) is 12.1 Å². The molecular weight excluding hydrogens is 256 g/mol. The molecule has 0 spiro atoms. The molecule has 0 aromatic heterocycles. The van der Waals surface area contributed by atoms with Gasteiger partial charge in [-0.3, -0.25) is 0 Å². The van der Waals surface area contributed by atoms with Crippen molar-refractivity contribution in [3.05, 3.63) is 34.9 Å². The fourth-order valence-corrected chi connectivity index (χ4v) is 3.17. The molecule has 2 atom stereocenters. The lowest BCUT2D eigenvalue weighted by atomic mass is 9.97. The summed E-state index contributed by atoms with van der Waals surface area (Å²) in [4.78, 5) is 2.44. The molecule has 1 N–H and O–H groups in total. The Bertz CT molecular complexity index is 394. The predicted molar refractivity (Wildman–Crippen MR) is 82.7 cm³/mol. The molecule has 0 saturated carbocycles. The van der Waals surface area contributed by atoms with Crippen LogP contribution in [0.15, 0.2) is 24.3 Å². The molecule has 1 saturated heterocycles. The normalized spacial score (nSPS) is 22.4. The van der Waals surface area contributed by atoms with Gasteiger partial charge < -0.3 is 10.2 Å². The highest BCUT2D eigenvalue weighted by atomic mass is 35.5. The standard InChI is InChI=1S/C16H25ClN2/c1-3-16(14-7-4-8-15(17)10-14)18-11-13-6-5-9-19(2)12-13/h4,7-8,10,13,16,18H,3,5-6,9,11-12H2,1-2H3. The molecule has 19 heavy (non-hydrogen) atoms. The topological polar surface area (TPSA) is 15.3 Å². The molecule has 1 aromatic rings. The quantitative estimate of drug-likeness (QED) is 0.884. The fourth-order valence-electron chi connectivity index (χ4n) is 2.97. The van der Waals surface area contributed by atoms with Crippen LogP contribution in [0.2, 0.25) is 5.02 Å². The van der Waals surface area contributed by atoms with Crippen LogP contribution >= 0.6 is 11.6 Å². The highest BCUT2D eigenvalue weighted by molar-refractivity contribution is 6.30. The molecule has 0 bridgehead atoms. The third-order valence-corrected chi connectivity index (χ3v) is 4.27.